The van der Waals surface area contributed by atoms with Crippen molar-refractivity contribution < 1.29 is 22.7 Å². The third-order valence-corrected chi connectivity index (χ3v) is 3.80. The normalized spacial score (nSPS) is 19.8. The fourth-order valence-corrected chi connectivity index (χ4v) is 2.77. The molecule has 1 aromatic rings. The van der Waals surface area contributed by atoms with E-state index in [1.54, 1.807) is 18.2 Å². The zero-order valence-electron chi connectivity index (χ0n) is 11.5. The molecule has 0 spiro atoms. The highest BCUT2D eigenvalue weighted by Crippen LogP contribution is 2.38. The Balaban J connectivity index is 2.26. The zero-order valence-corrected chi connectivity index (χ0v) is 11.5. The van der Waals surface area contributed by atoms with Crippen LogP contribution >= 0.6 is 0 Å². The Hall–Kier alpha value is -1.56. The third kappa shape index (κ3) is 3.97. The molecule has 0 aromatic heterocycles. The average Bonchev–Trinajstić information content (AvgIpc) is 2.46. The number of nitrogens with one attached hydrogen (secondary N) is 1. The number of hydrogen-bond acceptors (Lipinski definition) is 3. The number of benzene rings is 1. The summed E-state index contributed by atoms with van der Waals surface area (Å²) in [5.74, 6) is 0. The van der Waals surface area contributed by atoms with Crippen molar-refractivity contribution in [2.75, 3.05) is 0 Å². The van der Waals surface area contributed by atoms with E-state index in [0.717, 1.165) is 19.3 Å². The molecule has 0 bridgehead atoms. The van der Waals surface area contributed by atoms with Gasteiger partial charge in [0.15, 0.2) is 5.72 Å². The second kappa shape index (κ2) is 6.47. The van der Waals surface area contributed by atoms with Crippen molar-refractivity contribution in [2.45, 2.75) is 50.0 Å². The van der Waals surface area contributed by atoms with Crippen LogP contribution in [0.25, 0.3) is 0 Å². The van der Waals surface area contributed by atoms with E-state index in [2.05, 4.69) is 5.32 Å². The van der Waals surface area contributed by atoms with Gasteiger partial charge in [0, 0.05) is 12.8 Å². The average molecular weight is 301 g/mol. The molecule has 1 fully saturated rings. The SMILES string of the molecule is O=COC1(NC(c2ccccc2)C(F)(F)F)CCCCC1. The lowest BCUT2D eigenvalue weighted by molar-refractivity contribution is -0.189. The maximum atomic E-state index is 13.4. The lowest BCUT2D eigenvalue weighted by Gasteiger charge is -2.39. The molecule has 3 nitrogen and oxygen atoms in total. The summed E-state index contributed by atoms with van der Waals surface area (Å²) in [4.78, 5) is 10.7. The van der Waals surface area contributed by atoms with Gasteiger partial charge in [-0.1, -0.05) is 36.8 Å². The van der Waals surface area contributed by atoms with Gasteiger partial charge in [-0.05, 0) is 18.4 Å². The Morgan fingerprint density at radius 1 is 1.14 bits per heavy atom. The van der Waals surface area contributed by atoms with Crippen LogP contribution in [0, 0.1) is 0 Å². The zero-order chi connectivity index (χ0) is 15.3. The molecule has 1 atom stereocenters. The van der Waals surface area contributed by atoms with Crippen LogP contribution in [0.1, 0.15) is 43.7 Å². The number of hydrogen-bond donors (Lipinski definition) is 1. The van der Waals surface area contributed by atoms with Gasteiger partial charge in [0.05, 0.1) is 0 Å². The number of rotatable bonds is 5. The van der Waals surface area contributed by atoms with Crippen LogP contribution in [0.15, 0.2) is 30.3 Å². The Morgan fingerprint density at radius 3 is 2.29 bits per heavy atom. The molecule has 1 aromatic carbocycles. The highest BCUT2D eigenvalue weighted by Gasteiger charge is 2.46. The van der Waals surface area contributed by atoms with Crippen molar-refractivity contribution in [3.8, 4) is 0 Å². The summed E-state index contributed by atoms with van der Waals surface area (Å²) in [6.45, 7) is 0.233. The van der Waals surface area contributed by atoms with Gasteiger partial charge in [0.2, 0.25) is 0 Å². The van der Waals surface area contributed by atoms with Crippen molar-refractivity contribution in [2.24, 2.45) is 0 Å². The van der Waals surface area contributed by atoms with E-state index < -0.39 is 17.9 Å². The minimum atomic E-state index is -4.46. The van der Waals surface area contributed by atoms with Gasteiger partial charge in [-0.3, -0.25) is 10.1 Å². The van der Waals surface area contributed by atoms with Crippen LogP contribution in [-0.2, 0) is 9.53 Å². The van der Waals surface area contributed by atoms with Crippen molar-refractivity contribution >= 4 is 6.47 Å². The smallest absolute Gasteiger partial charge is 0.408 e. The summed E-state index contributed by atoms with van der Waals surface area (Å²) in [6.07, 6.45) is -1.26. The van der Waals surface area contributed by atoms with E-state index in [1.807, 2.05) is 0 Å². The van der Waals surface area contributed by atoms with Gasteiger partial charge < -0.3 is 4.74 Å². The van der Waals surface area contributed by atoms with Gasteiger partial charge in [-0.15, -0.1) is 0 Å². The second-order valence-electron chi connectivity index (χ2n) is 5.30. The van der Waals surface area contributed by atoms with Crippen LogP contribution in [0.3, 0.4) is 0 Å². The Bertz CT molecular complexity index is 456. The molecule has 1 unspecified atom stereocenters. The highest BCUT2D eigenvalue weighted by atomic mass is 19.4. The first-order chi connectivity index (χ1) is 9.97. The van der Waals surface area contributed by atoms with E-state index in [-0.39, 0.29) is 12.0 Å². The Labute approximate surface area is 121 Å². The quantitative estimate of drug-likeness (QED) is 0.665. The predicted octanol–water partition coefficient (Wildman–Crippen LogP) is 3.71. The minimum absolute atomic E-state index is 0.115. The van der Waals surface area contributed by atoms with Crippen molar-refractivity contribution in [1.29, 1.82) is 0 Å². The fraction of sp³-hybridized carbons (Fsp3) is 0.533. The van der Waals surface area contributed by atoms with E-state index in [4.69, 9.17) is 4.74 Å². The van der Waals surface area contributed by atoms with Crippen molar-refractivity contribution in [3.05, 3.63) is 35.9 Å². The molecule has 116 valence electrons. The highest BCUT2D eigenvalue weighted by molar-refractivity contribution is 5.38. The summed E-state index contributed by atoms with van der Waals surface area (Å²) >= 11 is 0. The fourth-order valence-electron chi connectivity index (χ4n) is 2.77. The van der Waals surface area contributed by atoms with Gasteiger partial charge in [-0.2, -0.15) is 13.2 Å². The first kappa shape index (κ1) is 15.8. The molecular weight excluding hydrogens is 283 g/mol. The minimum Gasteiger partial charge on any atom is -0.446 e. The van der Waals surface area contributed by atoms with Crippen LogP contribution in [-0.4, -0.2) is 18.4 Å². The second-order valence-corrected chi connectivity index (χ2v) is 5.30. The number of alkyl halides is 3. The molecule has 1 aliphatic rings. The lowest BCUT2D eigenvalue weighted by atomic mass is 9.90. The molecule has 0 amide bonds. The number of ether oxygens (including phenoxy) is 1. The number of carbonyl (C=O) groups is 1. The molecule has 0 aliphatic heterocycles. The number of halogens is 3. The van der Waals surface area contributed by atoms with Crippen LogP contribution in [0.2, 0.25) is 0 Å². The summed E-state index contributed by atoms with van der Waals surface area (Å²) in [7, 11) is 0. The van der Waals surface area contributed by atoms with Gasteiger partial charge in [-0.25, -0.2) is 0 Å². The van der Waals surface area contributed by atoms with Crippen LogP contribution in [0.4, 0.5) is 13.2 Å². The Kier molecular flexibility index (Phi) is 4.88. The summed E-state index contributed by atoms with van der Waals surface area (Å²) in [6, 6.07) is 5.77. The first-order valence-electron chi connectivity index (χ1n) is 6.98. The Morgan fingerprint density at radius 2 is 1.76 bits per heavy atom. The summed E-state index contributed by atoms with van der Waals surface area (Å²) in [5, 5.41) is 2.55. The van der Waals surface area contributed by atoms with Crippen LogP contribution in [0.5, 0.6) is 0 Å². The molecule has 0 radical (unpaired) electrons. The first-order valence-corrected chi connectivity index (χ1v) is 6.98. The topological polar surface area (TPSA) is 38.3 Å². The largest absolute Gasteiger partial charge is 0.446 e. The van der Waals surface area contributed by atoms with Crippen molar-refractivity contribution in [1.82, 2.24) is 5.32 Å². The van der Waals surface area contributed by atoms with Gasteiger partial charge in [0.25, 0.3) is 6.47 Å². The molecule has 21 heavy (non-hydrogen) atoms. The standard InChI is InChI=1S/C15H18F3NO2/c16-15(17,18)13(12-7-3-1-4-8-12)19-14(21-11-20)9-5-2-6-10-14/h1,3-4,7-8,11,13,19H,2,5-6,9-10H2. The maximum Gasteiger partial charge on any atom is 0.408 e. The third-order valence-electron chi connectivity index (χ3n) is 3.80. The van der Waals surface area contributed by atoms with E-state index in [1.165, 1.54) is 12.1 Å². The molecule has 1 N–H and O–H groups in total. The van der Waals surface area contributed by atoms with Gasteiger partial charge >= 0.3 is 6.18 Å². The predicted molar refractivity (Wildman–Crippen MR) is 71.3 cm³/mol. The van der Waals surface area contributed by atoms with E-state index in [9.17, 15) is 18.0 Å². The monoisotopic (exact) mass is 301 g/mol. The molecule has 0 saturated heterocycles. The maximum absolute atomic E-state index is 13.4. The lowest BCUT2D eigenvalue weighted by Crippen LogP contribution is -2.53. The van der Waals surface area contributed by atoms with Crippen molar-refractivity contribution in [3.63, 3.8) is 0 Å². The molecule has 2 rings (SSSR count). The molecule has 0 heterocycles. The summed E-state index contributed by atoms with van der Waals surface area (Å²) in [5.41, 5.74) is -1.11. The van der Waals surface area contributed by atoms with E-state index >= 15 is 0 Å². The van der Waals surface area contributed by atoms with Gasteiger partial charge in [0.1, 0.15) is 6.04 Å². The van der Waals surface area contributed by atoms with E-state index in [0.29, 0.717) is 12.8 Å². The molecule has 1 aliphatic carbocycles. The van der Waals surface area contributed by atoms with Crippen LogP contribution < -0.4 is 5.32 Å². The molecule has 1 saturated carbocycles. The number of carbonyl (C=O) groups excluding carboxylic acids is 1. The molecular formula is C15H18F3NO2. The summed E-state index contributed by atoms with van der Waals surface area (Å²) < 4.78 is 45.1. The molecule has 6 heteroatoms.